The van der Waals surface area contributed by atoms with E-state index in [4.69, 9.17) is 0 Å². The summed E-state index contributed by atoms with van der Waals surface area (Å²) < 4.78 is 0.934. The van der Waals surface area contributed by atoms with Gasteiger partial charge in [0.05, 0.1) is 12.0 Å². The highest BCUT2D eigenvalue weighted by Crippen LogP contribution is 2.21. The van der Waals surface area contributed by atoms with Gasteiger partial charge in [-0.25, -0.2) is 0 Å². The van der Waals surface area contributed by atoms with Crippen molar-refractivity contribution in [2.75, 3.05) is 0 Å². The second-order valence-corrected chi connectivity index (χ2v) is 5.14. The first-order chi connectivity index (χ1) is 9.20. The molecular formula is C16H12BrNO. The topological polar surface area (TPSA) is 40.9 Å². The second-order valence-electron chi connectivity index (χ2n) is 4.23. The molecule has 0 saturated carbocycles. The Hall–Kier alpha value is -1.92. The molecule has 0 aliphatic carbocycles. The molecule has 0 fully saturated rings. The van der Waals surface area contributed by atoms with Crippen LogP contribution in [-0.4, -0.2) is 5.78 Å². The van der Waals surface area contributed by atoms with Gasteiger partial charge in [-0.05, 0) is 17.7 Å². The van der Waals surface area contributed by atoms with Crippen molar-refractivity contribution in [3.05, 3.63) is 70.2 Å². The SMILES string of the molecule is N#C[C@H](CC(=O)c1ccc(Br)cc1)c1ccccc1. The predicted molar refractivity (Wildman–Crippen MR) is 77.9 cm³/mol. The van der Waals surface area contributed by atoms with Crippen LogP contribution in [0.25, 0.3) is 0 Å². The van der Waals surface area contributed by atoms with Gasteiger partial charge in [0.15, 0.2) is 5.78 Å². The van der Waals surface area contributed by atoms with Crippen molar-refractivity contribution in [3.8, 4) is 6.07 Å². The molecule has 0 N–H and O–H groups in total. The molecule has 0 unspecified atom stereocenters. The monoisotopic (exact) mass is 313 g/mol. The Bertz CT molecular complexity index is 599. The number of halogens is 1. The van der Waals surface area contributed by atoms with Crippen LogP contribution in [0.4, 0.5) is 0 Å². The molecule has 0 radical (unpaired) electrons. The number of rotatable bonds is 4. The van der Waals surface area contributed by atoms with Gasteiger partial charge in [-0.3, -0.25) is 4.79 Å². The van der Waals surface area contributed by atoms with Crippen LogP contribution in [0.2, 0.25) is 0 Å². The highest BCUT2D eigenvalue weighted by Gasteiger charge is 2.16. The van der Waals surface area contributed by atoms with Crippen LogP contribution in [-0.2, 0) is 0 Å². The molecule has 2 aromatic rings. The molecule has 2 aromatic carbocycles. The highest BCUT2D eigenvalue weighted by molar-refractivity contribution is 9.10. The van der Waals surface area contributed by atoms with Crippen molar-refractivity contribution in [1.29, 1.82) is 5.26 Å². The van der Waals surface area contributed by atoms with Gasteiger partial charge in [0, 0.05) is 16.5 Å². The first-order valence-corrected chi connectivity index (χ1v) is 6.73. The summed E-state index contributed by atoms with van der Waals surface area (Å²) in [6.07, 6.45) is 0.210. The number of benzene rings is 2. The lowest BCUT2D eigenvalue weighted by Crippen LogP contribution is -2.06. The van der Waals surface area contributed by atoms with Crippen molar-refractivity contribution >= 4 is 21.7 Å². The van der Waals surface area contributed by atoms with Crippen molar-refractivity contribution in [3.63, 3.8) is 0 Å². The van der Waals surface area contributed by atoms with Crippen molar-refractivity contribution in [2.24, 2.45) is 0 Å². The molecule has 94 valence electrons. The minimum atomic E-state index is -0.391. The Labute approximate surface area is 120 Å². The van der Waals surface area contributed by atoms with Gasteiger partial charge >= 0.3 is 0 Å². The van der Waals surface area contributed by atoms with Crippen LogP contribution in [0.3, 0.4) is 0 Å². The molecule has 0 amide bonds. The molecule has 0 heterocycles. The van der Waals surface area contributed by atoms with Crippen LogP contribution >= 0.6 is 15.9 Å². The summed E-state index contributed by atoms with van der Waals surface area (Å²) in [5.74, 6) is -0.403. The van der Waals surface area contributed by atoms with Gasteiger partial charge in [-0.2, -0.15) is 5.26 Å². The van der Waals surface area contributed by atoms with E-state index in [1.165, 1.54) is 0 Å². The highest BCUT2D eigenvalue weighted by atomic mass is 79.9. The molecule has 0 bridgehead atoms. The molecule has 0 spiro atoms. The summed E-state index contributed by atoms with van der Waals surface area (Å²) in [6, 6.07) is 18.8. The van der Waals surface area contributed by atoms with E-state index in [0.29, 0.717) is 5.56 Å². The van der Waals surface area contributed by atoms with Gasteiger partial charge in [0.1, 0.15) is 0 Å². The summed E-state index contributed by atoms with van der Waals surface area (Å²) >= 11 is 3.33. The molecule has 0 aromatic heterocycles. The summed E-state index contributed by atoms with van der Waals surface area (Å²) in [5, 5.41) is 9.21. The lowest BCUT2D eigenvalue weighted by Gasteiger charge is -2.08. The number of nitriles is 1. The summed E-state index contributed by atoms with van der Waals surface area (Å²) in [4.78, 5) is 12.1. The maximum Gasteiger partial charge on any atom is 0.164 e. The van der Waals surface area contributed by atoms with Crippen LogP contribution in [0.5, 0.6) is 0 Å². The van der Waals surface area contributed by atoms with Crippen LogP contribution in [0.15, 0.2) is 59.1 Å². The third-order valence-electron chi connectivity index (χ3n) is 2.91. The van der Waals surface area contributed by atoms with E-state index in [0.717, 1.165) is 10.0 Å². The van der Waals surface area contributed by atoms with E-state index in [1.807, 2.05) is 42.5 Å². The standard InChI is InChI=1S/C16H12BrNO/c17-15-8-6-13(7-9-15)16(19)10-14(11-18)12-4-2-1-3-5-12/h1-9,14H,10H2/t14-/m0/s1. The average Bonchev–Trinajstić information content (AvgIpc) is 2.46. The zero-order chi connectivity index (χ0) is 13.7. The first kappa shape index (κ1) is 13.5. The quantitative estimate of drug-likeness (QED) is 0.788. The fourth-order valence-corrected chi connectivity index (χ4v) is 2.13. The molecular weight excluding hydrogens is 302 g/mol. The Balaban J connectivity index is 2.13. The molecule has 2 nitrogen and oxygen atoms in total. The maximum absolute atomic E-state index is 12.1. The van der Waals surface area contributed by atoms with Crippen molar-refractivity contribution in [1.82, 2.24) is 0 Å². The van der Waals surface area contributed by atoms with Crippen molar-refractivity contribution in [2.45, 2.75) is 12.3 Å². The number of carbonyl (C=O) groups is 1. The normalized spacial score (nSPS) is 11.6. The number of nitrogens with zero attached hydrogens (tertiary/aromatic N) is 1. The minimum Gasteiger partial charge on any atom is -0.294 e. The third kappa shape index (κ3) is 3.52. The maximum atomic E-state index is 12.1. The van der Waals surface area contributed by atoms with Gasteiger partial charge in [-0.1, -0.05) is 58.4 Å². The number of ketones is 1. The van der Waals surface area contributed by atoms with E-state index in [-0.39, 0.29) is 12.2 Å². The molecule has 0 aliphatic heterocycles. The number of hydrogen-bond donors (Lipinski definition) is 0. The zero-order valence-corrected chi connectivity index (χ0v) is 11.8. The van der Waals surface area contributed by atoms with Gasteiger partial charge < -0.3 is 0 Å². The molecule has 3 heteroatoms. The average molecular weight is 314 g/mol. The van der Waals surface area contributed by atoms with E-state index in [9.17, 15) is 10.1 Å². The smallest absolute Gasteiger partial charge is 0.164 e. The largest absolute Gasteiger partial charge is 0.294 e. The lowest BCUT2D eigenvalue weighted by atomic mass is 9.93. The van der Waals surface area contributed by atoms with Gasteiger partial charge in [0.2, 0.25) is 0 Å². The number of hydrogen-bond acceptors (Lipinski definition) is 2. The molecule has 19 heavy (non-hydrogen) atoms. The number of Topliss-reactive ketones (excluding diaryl/α,β-unsaturated/α-hetero) is 1. The molecule has 1 atom stereocenters. The van der Waals surface area contributed by atoms with Crippen molar-refractivity contribution < 1.29 is 4.79 Å². The molecule has 2 rings (SSSR count). The summed E-state index contributed by atoms with van der Waals surface area (Å²) in [7, 11) is 0. The summed E-state index contributed by atoms with van der Waals surface area (Å²) in [5.41, 5.74) is 1.52. The Morgan fingerprint density at radius 2 is 1.74 bits per heavy atom. The van der Waals surface area contributed by atoms with Crippen LogP contribution in [0, 0.1) is 11.3 Å². The van der Waals surface area contributed by atoms with Gasteiger partial charge in [0.25, 0.3) is 0 Å². The predicted octanol–water partition coefficient (Wildman–Crippen LogP) is 4.33. The van der Waals surface area contributed by atoms with Crippen LogP contribution in [0.1, 0.15) is 28.3 Å². The van der Waals surface area contributed by atoms with Gasteiger partial charge in [-0.15, -0.1) is 0 Å². The summed E-state index contributed by atoms with van der Waals surface area (Å²) in [6.45, 7) is 0. The third-order valence-corrected chi connectivity index (χ3v) is 3.44. The zero-order valence-electron chi connectivity index (χ0n) is 10.2. The van der Waals surface area contributed by atoms with E-state index in [2.05, 4.69) is 22.0 Å². The Morgan fingerprint density at radius 1 is 1.11 bits per heavy atom. The Kier molecular flexibility index (Phi) is 4.48. The second kappa shape index (κ2) is 6.31. The lowest BCUT2D eigenvalue weighted by molar-refractivity contribution is 0.0979. The Morgan fingerprint density at radius 3 is 2.32 bits per heavy atom. The fraction of sp³-hybridized carbons (Fsp3) is 0.125. The first-order valence-electron chi connectivity index (χ1n) is 5.94. The molecule has 0 saturated heterocycles. The fourth-order valence-electron chi connectivity index (χ4n) is 1.86. The van der Waals surface area contributed by atoms with E-state index in [1.54, 1.807) is 12.1 Å². The van der Waals surface area contributed by atoms with Crippen LogP contribution < -0.4 is 0 Å². The number of carbonyl (C=O) groups excluding carboxylic acids is 1. The molecule has 0 aliphatic rings. The minimum absolute atomic E-state index is 0.0112. The van der Waals surface area contributed by atoms with E-state index < -0.39 is 5.92 Å². The van der Waals surface area contributed by atoms with E-state index >= 15 is 0 Å².